The number of imidazole rings is 1. The number of hydrogen-bond acceptors (Lipinski definition) is 2. The Morgan fingerprint density at radius 2 is 2.19 bits per heavy atom. The maximum absolute atomic E-state index is 13.2. The van der Waals surface area contributed by atoms with E-state index in [1.165, 1.54) is 6.07 Å². The molecule has 84 valence electrons. The molecule has 2 aromatic rings. The molecular weight excluding hydrogens is 205 g/mol. The van der Waals surface area contributed by atoms with Crippen LogP contribution in [0, 0.1) is 12.7 Å². The summed E-state index contributed by atoms with van der Waals surface area (Å²) in [6, 6.07) is 5.03. The standard InChI is InChI=1S/C12H14FN3/c1-8-5-9(3-4-10(8)13)12-11(6-14)15-7-16(12)2/h3-5,7H,6,14H2,1-2H3. The number of hydrogen-bond donors (Lipinski definition) is 1. The number of nitrogens with zero attached hydrogens (tertiary/aromatic N) is 2. The summed E-state index contributed by atoms with van der Waals surface area (Å²) in [6.07, 6.45) is 1.72. The minimum atomic E-state index is -0.194. The van der Waals surface area contributed by atoms with Gasteiger partial charge in [-0.15, -0.1) is 0 Å². The van der Waals surface area contributed by atoms with Crippen molar-refractivity contribution in [2.24, 2.45) is 12.8 Å². The van der Waals surface area contributed by atoms with Crippen LogP contribution in [0.1, 0.15) is 11.3 Å². The Labute approximate surface area is 93.7 Å². The lowest BCUT2D eigenvalue weighted by Crippen LogP contribution is -2.01. The van der Waals surface area contributed by atoms with E-state index in [4.69, 9.17) is 5.73 Å². The number of benzene rings is 1. The van der Waals surface area contributed by atoms with Gasteiger partial charge in [-0.25, -0.2) is 9.37 Å². The molecule has 0 fully saturated rings. The van der Waals surface area contributed by atoms with E-state index in [1.54, 1.807) is 19.3 Å². The van der Waals surface area contributed by atoms with Crippen molar-refractivity contribution in [2.75, 3.05) is 0 Å². The highest BCUT2D eigenvalue weighted by Crippen LogP contribution is 2.24. The Bertz CT molecular complexity index is 517. The second kappa shape index (κ2) is 4.06. The molecule has 16 heavy (non-hydrogen) atoms. The first-order valence-corrected chi connectivity index (χ1v) is 5.10. The number of rotatable bonds is 2. The quantitative estimate of drug-likeness (QED) is 0.839. The van der Waals surface area contributed by atoms with Crippen LogP contribution >= 0.6 is 0 Å². The number of aryl methyl sites for hydroxylation is 2. The predicted molar refractivity (Wildman–Crippen MR) is 61.2 cm³/mol. The molecule has 0 bridgehead atoms. The summed E-state index contributed by atoms with van der Waals surface area (Å²) < 4.78 is 15.1. The van der Waals surface area contributed by atoms with Gasteiger partial charge < -0.3 is 10.3 Å². The Balaban J connectivity index is 2.57. The van der Waals surface area contributed by atoms with E-state index in [2.05, 4.69) is 4.98 Å². The second-order valence-corrected chi connectivity index (χ2v) is 3.82. The fourth-order valence-corrected chi connectivity index (χ4v) is 1.79. The minimum Gasteiger partial charge on any atom is -0.333 e. The molecule has 4 heteroatoms. The van der Waals surface area contributed by atoms with Gasteiger partial charge in [-0.1, -0.05) is 0 Å². The zero-order valence-corrected chi connectivity index (χ0v) is 9.37. The summed E-state index contributed by atoms with van der Waals surface area (Å²) >= 11 is 0. The Kier molecular flexibility index (Phi) is 2.75. The average molecular weight is 219 g/mol. The van der Waals surface area contributed by atoms with Crippen molar-refractivity contribution in [3.8, 4) is 11.3 Å². The highest BCUT2D eigenvalue weighted by atomic mass is 19.1. The predicted octanol–water partition coefficient (Wildman–Crippen LogP) is 1.99. The second-order valence-electron chi connectivity index (χ2n) is 3.82. The topological polar surface area (TPSA) is 43.8 Å². The van der Waals surface area contributed by atoms with Crippen LogP contribution < -0.4 is 5.73 Å². The van der Waals surface area contributed by atoms with E-state index in [0.29, 0.717) is 12.1 Å². The molecule has 0 radical (unpaired) electrons. The van der Waals surface area contributed by atoms with Gasteiger partial charge in [0.15, 0.2) is 0 Å². The lowest BCUT2D eigenvalue weighted by molar-refractivity contribution is 0.618. The maximum atomic E-state index is 13.2. The molecule has 0 unspecified atom stereocenters. The molecule has 0 saturated heterocycles. The van der Waals surface area contributed by atoms with Gasteiger partial charge in [0, 0.05) is 19.2 Å². The molecule has 0 aliphatic rings. The van der Waals surface area contributed by atoms with Crippen LogP contribution in [0.25, 0.3) is 11.3 Å². The summed E-state index contributed by atoms with van der Waals surface area (Å²) in [5.74, 6) is -0.194. The molecule has 0 atom stereocenters. The van der Waals surface area contributed by atoms with Gasteiger partial charge in [-0.05, 0) is 30.7 Å². The molecule has 1 aromatic carbocycles. The van der Waals surface area contributed by atoms with Crippen molar-refractivity contribution in [3.63, 3.8) is 0 Å². The van der Waals surface area contributed by atoms with Crippen molar-refractivity contribution in [2.45, 2.75) is 13.5 Å². The molecule has 0 saturated carbocycles. The normalized spacial score (nSPS) is 10.8. The highest BCUT2D eigenvalue weighted by molar-refractivity contribution is 5.63. The highest BCUT2D eigenvalue weighted by Gasteiger charge is 2.10. The van der Waals surface area contributed by atoms with Gasteiger partial charge >= 0.3 is 0 Å². The molecule has 3 nitrogen and oxygen atoms in total. The van der Waals surface area contributed by atoms with E-state index in [-0.39, 0.29) is 5.82 Å². The first kappa shape index (κ1) is 10.8. The molecule has 1 heterocycles. The first-order valence-electron chi connectivity index (χ1n) is 5.10. The molecule has 0 spiro atoms. The third-order valence-electron chi connectivity index (χ3n) is 2.64. The minimum absolute atomic E-state index is 0.194. The van der Waals surface area contributed by atoms with Crippen molar-refractivity contribution in [1.82, 2.24) is 9.55 Å². The van der Waals surface area contributed by atoms with Crippen LogP contribution in [0.4, 0.5) is 4.39 Å². The first-order chi connectivity index (χ1) is 7.63. The van der Waals surface area contributed by atoms with E-state index in [9.17, 15) is 4.39 Å². The van der Waals surface area contributed by atoms with E-state index < -0.39 is 0 Å². The van der Waals surface area contributed by atoms with E-state index in [0.717, 1.165) is 17.0 Å². The number of aromatic nitrogens is 2. The molecule has 0 aliphatic carbocycles. The largest absolute Gasteiger partial charge is 0.333 e. The smallest absolute Gasteiger partial charge is 0.126 e. The lowest BCUT2D eigenvalue weighted by Gasteiger charge is -2.06. The van der Waals surface area contributed by atoms with Crippen LogP contribution in [-0.2, 0) is 13.6 Å². The summed E-state index contributed by atoms with van der Waals surface area (Å²) in [5, 5.41) is 0. The fraction of sp³-hybridized carbons (Fsp3) is 0.250. The Morgan fingerprint density at radius 1 is 1.44 bits per heavy atom. The third-order valence-corrected chi connectivity index (χ3v) is 2.64. The maximum Gasteiger partial charge on any atom is 0.126 e. The van der Waals surface area contributed by atoms with E-state index >= 15 is 0 Å². The van der Waals surface area contributed by atoms with Crippen LogP contribution in [0.15, 0.2) is 24.5 Å². The van der Waals surface area contributed by atoms with Crippen LogP contribution in [0.3, 0.4) is 0 Å². The van der Waals surface area contributed by atoms with Gasteiger partial charge in [0.2, 0.25) is 0 Å². The SMILES string of the molecule is Cc1cc(-c2c(CN)ncn2C)ccc1F. The fourth-order valence-electron chi connectivity index (χ4n) is 1.79. The number of nitrogens with two attached hydrogens (primary N) is 1. The van der Waals surface area contributed by atoms with Gasteiger partial charge in [-0.2, -0.15) is 0 Å². The molecule has 2 rings (SSSR count). The van der Waals surface area contributed by atoms with Crippen molar-refractivity contribution in [3.05, 3.63) is 41.6 Å². The average Bonchev–Trinajstić information content (AvgIpc) is 2.64. The number of halogens is 1. The van der Waals surface area contributed by atoms with Gasteiger partial charge in [0.1, 0.15) is 5.82 Å². The van der Waals surface area contributed by atoms with Crippen LogP contribution in [0.5, 0.6) is 0 Å². The van der Waals surface area contributed by atoms with Crippen molar-refractivity contribution >= 4 is 0 Å². The van der Waals surface area contributed by atoms with Crippen molar-refractivity contribution in [1.29, 1.82) is 0 Å². The Hall–Kier alpha value is -1.68. The molecule has 0 aliphatic heterocycles. The summed E-state index contributed by atoms with van der Waals surface area (Å²) in [7, 11) is 1.90. The van der Waals surface area contributed by atoms with Gasteiger partial charge in [0.25, 0.3) is 0 Å². The van der Waals surface area contributed by atoms with Gasteiger partial charge in [0.05, 0.1) is 17.7 Å². The monoisotopic (exact) mass is 219 g/mol. The summed E-state index contributed by atoms with van der Waals surface area (Å²) in [4.78, 5) is 4.21. The third kappa shape index (κ3) is 1.72. The van der Waals surface area contributed by atoms with E-state index in [1.807, 2.05) is 17.7 Å². The van der Waals surface area contributed by atoms with Crippen molar-refractivity contribution < 1.29 is 4.39 Å². The molecular formula is C12H14FN3. The lowest BCUT2D eigenvalue weighted by atomic mass is 10.1. The van der Waals surface area contributed by atoms with Crippen LogP contribution in [-0.4, -0.2) is 9.55 Å². The summed E-state index contributed by atoms with van der Waals surface area (Å²) in [5.41, 5.74) is 8.97. The molecule has 0 amide bonds. The Morgan fingerprint density at radius 3 is 2.81 bits per heavy atom. The van der Waals surface area contributed by atoms with Crippen LogP contribution in [0.2, 0.25) is 0 Å². The zero-order chi connectivity index (χ0) is 11.7. The zero-order valence-electron chi connectivity index (χ0n) is 9.37. The molecule has 1 aromatic heterocycles. The van der Waals surface area contributed by atoms with Gasteiger partial charge in [-0.3, -0.25) is 0 Å². The molecule has 2 N–H and O–H groups in total. The summed E-state index contributed by atoms with van der Waals surface area (Å²) in [6.45, 7) is 2.13.